The van der Waals surface area contributed by atoms with Crippen molar-refractivity contribution >= 4 is 22.1 Å². The Balaban J connectivity index is 1.70. The van der Waals surface area contributed by atoms with Gasteiger partial charge in [-0.3, -0.25) is 0 Å². The molecule has 33 heavy (non-hydrogen) atoms. The maximum atomic E-state index is 15.0. The molecular formula is C22H22FN5O4S. The quantitative estimate of drug-likeness (QED) is 0.598. The van der Waals surface area contributed by atoms with Gasteiger partial charge in [-0.05, 0) is 24.6 Å². The van der Waals surface area contributed by atoms with Gasteiger partial charge in [0.25, 0.3) is 0 Å². The molecule has 1 saturated heterocycles. The number of aromatic nitrogens is 2. The molecule has 1 unspecified atom stereocenters. The monoisotopic (exact) mass is 471 g/mol. The molecule has 1 atom stereocenters. The Morgan fingerprint density at radius 1 is 1.09 bits per heavy atom. The number of sulfonamides is 1. The van der Waals surface area contributed by atoms with Gasteiger partial charge in [0.1, 0.15) is 5.82 Å². The largest absolute Gasteiger partial charge is 0.465 e. The summed E-state index contributed by atoms with van der Waals surface area (Å²) < 4.78 is 43.3. The number of anilines is 1. The van der Waals surface area contributed by atoms with Crippen molar-refractivity contribution in [3.05, 3.63) is 60.7 Å². The van der Waals surface area contributed by atoms with Crippen molar-refractivity contribution in [3.8, 4) is 22.3 Å². The Labute approximate surface area is 190 Å². The molecule has 3 aromatic rings. The highest BCUT2D eigenvalue weighted by Gasteiger charge is 2.36. The molecule has 1 aliphatic heterocycles. The van der Waals surface area contributed by atoms with Crippen molar-refractivity contribution in [1.29, 1.82) is 0 Å². The summed E-state index contributed by atoms with van der Waals surface area (Å²) in [4.78, 5) is 20.2. The molecule has 3 N–H and O–H groups in total. The number of piperazine rings is 1. The molecule has 0 bridgehead atoms. The van der Waals surface area contributed by atoms with E-state index in [-0.39, 0.29) is 36.0 Å². The number of nitrogens with zero attached hydrogens (tertiary/aromatic N) is 4. The van der Waals surface area contributed by atoms with Crippen molar-refractivity contribution in [2.24, 2.45) is 0 Å². The van der Waals surface area contributed by atoms with Gasteiger partial charge in [-0.25, -0.2) is 27.6 Å². The summed E-state index contributed by atoms with van der Waals surface area (Å²) in [5.41, 5.74) is 6.93. The first-order valence-electron chi connectivity index (χ1n) is 10.1. The molecule has 172 valence electrons. The molecule has 1 amide bonds. The van der Waals surface area contributed by atoms with Crippen LogP contribution in [0.3, 0.4) is 0 Å². The van der Waals surface area contributed by atoms with E-state index < -0.39 is 28.0 Å². The average Bonchev–Trinajstić information content (AvgIpc) is 2.79. The minimum absolute atomic E-state index is 0.0311. The van der Waals surface area contributed by atoms with Crippen molar-refractivity contribution in [2.45, 2.75) is 17.9 Å². The summed E-state index contributed by atoms with van der Waals surface area (Å²) >= 11 is 0. The number of carbonyl (C=O) groups is 1. The lowest BCUT2D eigenvalue weighted by molar-refractivity contribution is 0.109. The zero-order valence-electron chi connectivity index (χ0n) is 17.7. The Kier molecular flexibility index (Phi) is 6.00. The van der Waals surface area contributed by atoms with Crippen LogP contribution in [0.4, 0.5) is 15.1 Å². The topological polar surface area (TPSA) is 130 Å². The van der Waals surface area contributed by atoms with Crippen LogP contribution in [0.15, 0.2) is 59.8 Å². The number of nitrogens with two attached hydrogens (primary N) is 1. The molecule has 2 aromatic carbocycles. The van der Waals surface area contributed by atoms with Crippen LogP contribution in [0.1, 0.15) is 6.92 Å². The summed E-state index contributed by atoms with van der Waals surface area (Å²) in [6.45, 7) is 1.85. The summed E-state index contributed by atoms with van der Waals surface area (Å²) in [6.07, 6.45) is 1.75. The molecule has 0 aliphatic carbocycles. The Bertz CT molecular complexity index is 1300. The average molecular weight is 472 g/mol. The van der Waals surface area contributed by atoms with Crippen LogP contribution < -0.4 is 5.73 Å². The van der Waals surface area contributed by atoms with Crippen LogP contribution in [0, 0.1) is 5.82 Å². The van der Waals surface area contributed by atoms with E-state index in [1.165, 1.54) is 39.8 Å². The van der Waals surface area contributed by atoms with E-state index in [9.17, 15) is 22.7 Å². The fourth-order valence-electron chi connectivity index (χ4n) is 3.92. The highest BCUT2D eigenvalue weighted by Crippen LogP contribution is 2.33. The van der Waals surface area contributed by atoms with Gasteiger partial charge in [0.05, 0.1) is 4.90 Å². The molecule has 1 aliphatic rings. The number of nitrogen functional groups attached to an aromatic ring is 1. The van der Waals surface area contributed by atoms with Crippen LogP contribution in [0.2, 0.25) is 0 Å². The normalized spacial score (nSPS) is 17.2. The molecule has 0 spiro atoms. The SMILES string of the molecule is CC1CN(C(=O)O)CCN1S(=O)(=O)c1ccccc1-c1ccc(-c2cnc(N)nc2)c(F)c1. The summed E-state index contributed by atoms with van der Waals surface area (Å²) in [5.74, 6) is -0.482. The maximum Gasteiger partial charge on any atom is 0.407 e. The van der Waals surface area contributed by atoms with Crippen molar-refractivity contribution in [2.75, 3.05) is 25.4 Å². The third-order valence-corrected chi connectivity index (χ3v) is 7.65. The summed E-state index contributed by atoms with van der Waals surface area (Å²) in [5, 5.41) is 9.21. The molecule has 11 heteroatoms. The van der Waals surface area contributed by atoms with Gasteiger partial charge in [0.15, 0.2) is 0 Å². The lowest BCUT2D eigenvalue weighted by Crippen LogP contribution is -2.55. The minimum atomic E-state index is -3.96. The smallest absolute Gasteiger partial charge is 0.407 e. The zero-order chi connectivity index (χ0) is 23.8. The van der Waals surface area contributed by atoms with Crippen LogP contribution in [-0.4, -0.2) is 64.5 Å². The predicted octanol–water partition coefficient (Wildman–Crippen LogP) is 2.90. The second-order valence-electron chi connectivity index (χ2n) is 7.71. The minimum Gasteiger partial charge on any atom is -0.465 e. The van der Waals surface area contributed by atoms with Crippen molar-refractivity contribution in [3.63, 3.8) is 0 Å². The molecule has 0 saturated carbocycles. The molecule has 1 fully saturated rings. The molecule has 9 nitrogen and oxygen atoms in total. The van der Waals surface area contributed by atoms with E-state index in [0.29, 0.717) is 16.7 Å². The van der Waals surface area contributed by atoms with E-state index >= 15 is 0 Å². The van der Waals surface area contributed by atoms with Gasteiger partial charge < -0.3 is 15.7 Å². The third-order valence-electron chi connectivity index (χ3n) is 5.57. The maximum absolute atomic E-state index is 15.0. The van der Waals surface area contributed by atoms with Gasteiger partial charge in [-0.15, -0.1) is 0 Å². The number of halogens is 1. The first kappa shape index (κ1) is 22.6. The first-order chi connectivity index (χ1) is 15.7. The number of amides is 1. The zero-order valence-corrected chi connectivity index (χ0v) is 18.5. The lowest BCUT2D eigenvalue weighted by Gasteiger charge is -2.37. The van der Waals surface area contributed by atoms with Crippen LogP contribution >= 0.6 is 0 Å². The number of carboxylic acid groups (broad SMARTS) is 1. The van der Waals surface area contributed by atoms with Crippen LogP contribution in [0.25, 0.3) is 22.3 Å². The standard InChI is InChI=1S/C22H22FN5O4S/c1-14-13-27(22(29)30)8-9-28(14)33(31,32)20-5-3-2-4-18(20)15-6-7-17(19(23)10-15)16-11-25-21(24)26-12-16/h2-7,10-12,14H,8-9,13H2,1H3,(H,29,30)(H2,24,25,26). The molecule has 4 rings (SSSR count). The van der Waals surface area contributed by atoms with Crippen molar-refractivity contribution < 1.29 is 22.7 Å². The predicted molar refractivity (Wildman–Crippen MR) is 120 cm³/mol. The van der Waals surface area contributed by atoms with Gasteiger partial charge in [-0.1, -0.05) is 30.3 Å². The summed E-state index contributed by atoms with van der Waals surface area (Å²) in [7, 11) is -3.96. The molecule has 0 radical (unpaired) electrons. The third kappa shape index (κ3) is 4.37. The fraction of sp³-hybridized carbons (Fsp3) is 0.227. The molecular weight excluding hydrogens is 449 g/mol. The van der Waals surface area contributed by atoms with Crippen molar-refractivity contribution in [1.82, 2.24) is 19.2 Å². The van der Waals surface area contributed by atoms with Gasteiger partial charge in [0, 0.05) is 54.8 Å². The highest BCUT2D eigenvalue weighted by atomic mass is 32.2. The van der Waals surface area contributed by atoms with E-state index in [1.807, 2.05) is 0 Å². The second-order valence-corrected chi connectivity index (χ2v) is 9.57. The van der Waals surface area contributed by atoms with E-state index in [1.54, 1.807) is 31.2 Å². The van der Waals surface area contributed by atoms with E-state index in [2.05, 4.69) is 9.97 Å². The van der Waals surface area contributed by atoms with E-state index in [4.69, 9.17) is 5.73 Å². The number of hydrogen-bond acceptors (Lipinski definition) is 6. The first-order valence-corrected chi connectivity index (χ1v) is 11.6. The fourth-order valence-corrected chi connectivity index (χ4v) is 5.75. The van der Waals surface area contributed by atoms with Crippen LogP contribution in [0.5, 0.6) is 0 Å². The van der Waals surface area contributed by atoms with Gasteiger partial charge in [0.2, 0.25) is 16.0 Å². The Morgan fingerprint density at radius 2 is 1.79 bits per heavy atom. The summed E-state index contributed by atoms with van der Waals surface area (Å²) in [6, 6.07) is 10.3. The second kappa shape index (κ2) is 8.75. The Morgan fingerprint density at radius 3 is 2.42 bits per heavy atom. The number of benzene rings is 2. The van der Waals surface area contributed by atoms with Crippen LogP contribution in [-0.2, 0) is 10.0 Å². The molecule has 1 aromatic heterocycles. The van der Waals surface area contributed by atoms with E-state index in [0.717, 1.165) is 0 Å². The lowest BCUT2D eigenvalue weighted by atomic mass is 10.0. The van der Waals surface area contributed by atoms with Gasteiger partial charge >= 0.3 is 6.09 Å². The Hall–Kier alpha value is -3.57. The number of rotatable bonds is 4. The molecule has 2 heterocycles. The number of hydrogen-bond donors (Lipinski definition) is 2. The van der Waals surface area contributed by atoms with Gasteiger partial charge in [-0.2, -0.15) is 4.31 Å². The highest BCUT2D eigenvalue weighted by molar-refractivity contribution is 7.89.